The number of fused-ring (bicyclic) bond motifs is 1. The van der Waals surface area contributed by atoms with E-state index in [1.165, 1.54) is 47.7 Å². The Hall–Kier alpha value is -2.14. The normalized spacial score (nSPS) is 13.3. The van der Waals surface area contributed by atoms with Gasteiger partial charge in [-0.25, -0.2) is 4.98 Å². The summed E-state index contributed by atoms with van der Waals surface area (Å²) >= 11 is 9.77. The molecule has 2 heterocycles. The fourth-order valence-corrected chi connectivity index (χ4v) is 6.63. The van der Waals surface area contributed by atoms with E-state index in [1.54, 1.807) is 0 Å². The maximum Gasteiger partial charge on any atom is 0.234 e. The number of thiocarbonyl (C=S) groups is 1. The number of hydrogen-bond acceptors (Lipinski definition) is 7. The molecule has 178 valence electrons. The van der Waals surface area contributed by atoms with Gasteiger partial charge in [0.15, 0.2) is 4.34 Å². The first-order valence-corrected chi connectivity index (χ1v) is 14.2. The average Bonchev–Trinajstić information content (AvgIpc) is 3.48. The van der Waals surface area contributed by atoms with E-state index in [9.17, 15) is 9.59 Å². The van der Waals surface area contributed by atoms with E-state index in [1.807, 2.05) is 50.2 Å². The summed E-state index contributed by atoms with van der Waals surface area (Å²) in [5.41, 5.74) is 4.55. The van der Waals surface area contributed by atoms with Crippen LogP contribution in [0.15, 0.2) is 40.7 Å². The maximum absolute atomic E-state index is 12.5. The van der Waals surface area contributed by atoms with E-state index >= 15 is 0 Å². The van der Waals surface area contributed by atoms with Gasteiger partial charge in [-0.05, 0) is 56.0 Å². The molecule has 0 aliphatic carbocycles. The van der Waals surface area contributed by atoms with Crippen molar-refractivity contribution in [1.29, 1.82) is 0 Å². The molecule has 34 heavy (non-hydrogen) atoms. The Morgan fingerprint density at radius 2 is 1.76 bits per heavy atom. The zero-order valence-corrected chi connectivity index (χ0v) is 22.3. The Morgan fingerprint density at radius 1 is 1.06 bits per heavy atom. The number of aromatic nitrogens is 1. The average molecular weight is 531 g/mol. The van der Waals surface area contributed by atoms with Crippen molar-refractivity contribution < 1.29 is 9.59 Å². The molecule has 1 fully saturated rings. The van der Waals surface area contributed by atoms with Gasteiger partial charge < -0.3 is 15.5 Å². The molecule has 6 nitrogen and oxygen atoms in total. The molecule has 2 aromatic carbocycles. The molecule has 1 aliphatic rings. The number of rotatable bonds is 7. The van der Waals surface area contributed by atoms with Crippen LogP contribution in [0.2, 0.25) is 0 Å². The Labute approximate surface area is 217 Å². The second-order valence-electron chi connectivity index (χ2n) is 8.06. The van der Waals surface area contributed by atoms with E-state index in [4.69, 9.17) is 12.2 Å². The highest BCUT2D eigenvalue weighted by Gasteiger charge is 2.16. The third-order valence-corrected chi connectivity index (χ3v) is 9.10. The van der Waals surface area contributed by atoms with Gasteiger partial charge in [0.2, 0.25) is 11.8 Å². The summed E-state index contributed by atoms with van der Waals surface area (Å²) < 4.78 is 2.59. The third-order valence-electron chi connectivity index (χ3n) is 5.42. The minimum Gasteiger partial charge on any atom is -0.358 e. The first-order valence-electron chi connectivity index (χ1n) is 11.0. The Bertz CT molecular complexity index is 1200. The van der Waals surface area contributed by atoms with Crippen LogP contribution >= 0.6 is 47.1 Å². The van der Waals surface area contributed by atoms with E-state index < -0.39 is 0 Å². The summed E-state index contributed by atoms with van der Waals surface area (Å²) in [6.07, 6.45) is 2.33. The molecule has 1 aliphatic heterocycles. The molecular weight excluding hydrogens is 505 g/mol. The van der Waals surface area contributed by atoms with Crippen LogP contribution < -0.4 is 10.6 Å². The molecule has 2 N–H and O–H groups in total. The first-order chi connectivity index (χ1) is 16.4. The summed E-state index contributed by atoms with van der Waals surface area (Å²) in [6, 6.07) is 11.6. The molecular formula is C24H26N4O2S4. The summed E-state index contributed by atoms with van der Waals surface area (Å²) in [4.78, 5) is 31.6. The zero-order valence-electron chi connectivity index (χ0n) is 19.1. The number of amides is 2. The number of thioether (sulfide) groups is 2. The van der Waals surface area contributed by atoms with Crippen LogP contribution in [0, 0.1) is 13.8 Å². The van der Waals surface area contributed by atoms with Crippen molar-refractivity contribution in [3.8, 4) is 0 Å². The topological polar surface area (TPSA) is 74.3 Å². The number of nitrogens with zero attached hydrogens (tertiary/aromatic N) is 2. The molecule has 1 saturated heterocycles. The number of anilines is 2. The van der Waals surface area contributed by atoms with Gasteiger partial charge in [-0.2, -0.15) is 0 Å². The van der Waals surface area contributed by atoms with Crippen LogP contribution in [0.3, 0.4) is 0 Å². The lowest BCUT2D eigenvalue weighted by Crippen LogP contribution is -2.25. The van der Waals surface area contributed by atoms with Gasteiger partial charge in [0.05, 0.1) is 21.7 Å². The molecule has 4 rings (SSSR count). The molecule has 1 aromatic heterocycles. The Kier molecular flexibility index (Phi) is 8.46. The summed E-state index contributed by atoms with van der Waals surface area (Å²) in [5, 5.41) is 5.95. The smallest absolute Gasteiger partial charge is 0.234 e. The quantitative estimate of drug-likeness (QED) is 0.300. The predicted octanol–water partition coefficient (Wildman–Crippen LogP) is 5.70. The van der Waals surface area contributed by atoms with Crippen LogP contribution in [0.4, 0.5) is 11.4 Å². The number of carbonyl (C=O) groups is 2. The molecule has 0 bridgehead atoms. The van der Waals surface area contributed by atoms with Gasteiger partial charge in [0, 0.05) is 24.5 Å². The van der Waals surface area contributed by atoms with Gasteiger partial charge in [-0.3, -0.25) is 9.59 Å². The maximum atomic E-state index is 12.5. The van der Waals surface area contributed by atoms with E-state index in [0.717, 1.165) is 54.5 Å². The van der Waals surface area contributed by atoms with Crippen molar-refractivity contribution in [1.82, 2.24) is 9.88 Å². The monoisotopic (exact) mass is 530 g/mol. The van der Waals surface area contributed by atoms with Crippen molar-refractivity contribution in [3.63, 3.8) is 0 Å². The fraction of sp³-hybridized carbons (Fsp3) is 0.333. The van der Waals surface area contributed by atoms with Gasteiger partial charge in [-0.15, -0.1) is 11.3 Å². The van der Waals surface area contributed by atoms with Gasteiger partial charge in [-0.1, -0.05) is 53.9 Å². The molecule has 0 radical (unpaired) electrons. The van der Waals surface area contributed by atoms with E-state index in [2.05, 4.69) is 20.5 Å². The number of likely N-dealkylation sites (tertiary alicyclic amines) is 1. The zero-order chi connectivity index (χ0) is 24.1. The molecule has 0 unspecified atom stereocenters. The highest BCUT2D eigenvalue weighted by atomic mass is 32.2. The number of nitrogens with one attached hydrogen (secondary N) is 2. The van der Waals surface area contributed by atoms with Gasteiger partial charge in [0.25, 0.3) is 0 Å². The predicted molar refractivity (Wildman–Crippen MR) is 149 cm³/mol. The number of thiazole rings is 1. The second-order valence-corrected chi connectivity index (χ2v) is 11.9. The lowest BCUT2D eigenvalue weighted by atomic mass is 10.1. The summed E-state index contributed by atoms with van der Waals surface area (Å²) in [7, 11) is 0. The van der Waals surface area contributed by atoms with Crippen molar-refractivity contribution in [3.05, 3.63) is 47.5 Å². The third kappa shape index (κ3) is 6.50. The highest BCUT2D eigenvalue weighted by Crippen LogP contribution is 2.31. The highest BCUT2D eigenvalue weighted by molar-refractivity contribution is 8.23. The lowest BCUT2D eigenvalue weighted by molar-refractivity contribution is -0.114. The molecule has 3 aromatic rings. The Morgan fingerprint density at radius 3 is 2.50 bits per heavy atom. The largest absolute Gasteiger partial charge is 0.358 e. The molecule has 10 heteroatoms. The molecule has 0 saturated carbocycles. The van der Waals surface area contributed by atoms with Crippen LogP contribution in [0.1, 0.15) is 24.0 Å². The molecule has 0 atom stereocenters. The minimum atomic E-state index is -0.0758. The van der Waals surface area contributed by atoms with Crippen molar-refractivity contribution in [2.24, 2.45) is 0 Å². The molecule has 2 amide bonds. The number of aryl methyl sites for hydroxylation is 2. The molecule has 0 spiro atoms. The minimum absolute atomic E-state index is 0.0565. The lowest BCUT2D eigenvalue weighted by Gasteiger charge is -2.17. The van der Waals surface area contributed by atoms with Crippen LogP contribution in [0.5, 0.6) is 0 Å². The van der Waals surface area contributed by atoms with Crippen LogP contribution in [-0.4, -0.2) is 50.6 Å². The van der Waals surface area contributed by atoms with Crippen molar-refractivity contribution >= 4 is 84.8 Å². The van der Waals surface area contributed by atoms with E-state index in [0.29, 0.717) is 5.75 Å². The second kappa shape index (κ2) is 11.5. The fourth-order valence-electron chi connectivity index (χ4n) is 3.67. The summed E-state index contributed by atoms with van der Waals surface area (Å²) in [5.74, 6) is 0.449. The number of para-hydroxylation sites is 1. The van der Waals surface area contributed by atoms with Gasteiger partial charge in [0.1, 0.15) is 4.32 Å². The Balaban J connectivity index is 1.29. The van der Waals surface area contributed by atoms with Crippen LogP contribution in [0.25, 0.3) is 10.2 Å². The van der Waals surface area contributed by atoms with Gasteiger partial charge >= 0.3 is 0 Å². The van der Waals surface area contributed by atoms with Crippen molar-refractivity contribution in [2.75, 3.05) is 35.2 Å². The van der Waals surface area contributed by atoms with Crippen LogP contribution in [-0.2, 0) is 9.59 Å². The first kappa shape index (κ1) is 25.0. The number of hydrogen-bond donors (Lipinski definition) is 2. The van der Waals surface area contributed by atoms with Crippen molar-refractivity contribution in [2.45, 2.75) is 31.0 Å². The SMILES string of the molecule is Cc1cccc(C)c1NC(=O)CSc1nc2ccc(NC(=O)CSC(=S)N3CCCC3)cc2s1. The van der Waals surface area contributed by atoms with E-state index in [-0.39, 0.29) is 17.6 Å². The summed E-state index contributed by atoms with van der Waals surface area (Å²) in [6.45, 7) is 5.95. The number of benzene rings is 2. The number of carbonyl (C=O) groups excluding carboxylic acids is 2. The standard InChI is InChI=1S/C24H26N4O2S4/c1-15-6-5-7-16(2)22(15)27-21(30)13-32-23-26-18-9-8-17(12-19(18)34-23)25-20(29)14-33-24(31)28-10-3-4-11-28/h5-9,12H,3-4,10-11,13-14H2,1-2H3,(H,25,29)(H,27,30).